The van der Waals surface area contributed by atoms with Gasteiger partial charge in [-0.05, 0) is 23.9 Å². The van der Waals surface area contributed by atoms with Crippen LogP contribution < -0.4 is 10.1 Å². The van der Waals surface area contributed by atoms with Gasteiger partial charge in [0.15, 0.2) is 0 Å². The summed E-state index contributed by atoms with van der Waals surface area (Å²) >= 11 is 0. The van der Waals surface area contributed by atoms with Gasteiger partial charge in [0.1, 0.15) is 23.7 Å². The minimum atomic E-state index is -1.13. The standard InChI is InChI=1S/C21H23N3O5/c1-22-20(25)13-24(21(26)27)11-5-6-14-12-18(23-29-14)16-9-10-19(28-2)17-8-4-3-7-15(16)17/h3-4,7-10,12H,5-6,11,13H2,1-2H3,(H,22,25)(H,26,27). The van der Waals surface area contributed by atoms with Gasteiger partial charge in [-0.3, -0.25) is 9.69 Å². The van der Waals surface area contributed by atoms with Crippen molar-refractivity contribution >= 4 is 22.8 Å². The second-order valence-electron chi connectivity index (χ2n) is 6.52. The van der Waals surface area contributed by atoms with Crippen molar-refractivity contribution in [2.24, 2.45) is 0 Å². The molecule has 1 heterocycles. The van der Waals surface area contributed by atoms with Crippen LogP contribution in [0.5, 0.6) is 5.75 Å². The first-order chi connectivity index (χ1) is 14.0. The Kier molecular flexibility index (Phi) is 6.33. The Bertz CT molecular complexity index is 1010. The van der Waals surface area contributed by atoms with Crippen molar-refractivity contribution in [3.8, 4) is 17.0 Å². The predicted molar refractivity (Wildman–Crippen MR) is 108 cm³/mol. The van der Waals surface area contributed by atoms with Crippen molar-refractivity contribution in [3.05, 3.63) is 48.2 Å². The molecule has 0 spiro atoms. The van der Waals surface area contributed by atoms with Gasteiger partial charge in [0.25, 0.3) is 0 Å². The number of nitrogens with zero attached hydrogens (tertiary/aromatic N) is 2. The van der Waals surface area contributed by atoms with Crippen LogP contribution in [0, 0.1) is 0 Å². The second kappa shape index (κ2) is 9.09. The maximum Gasteiger partial charge on any atom is 0.407 e. The van der Waals surface area contributed by atoms with E-state index >= 15 is 0 Å². The van der Waals surface area contributed by atoms with Crippen LogP contribution in [0.1, 0.15) is 12.2 Å². The van der Waals surface area contributed by atoms with E-state index in [1.165, 1.54) is 7.05 Å². The number of carbonyl (C=O) groups excluding carboxylic acids is 1. The molecule has 3 aromatic rings. The lowest BCUT2D eigenvalue weighted by atomic mass is 10.0. The van der Waals surface area contributed by atoms with Gasteiger partial charge in [0, 0.05) is 37.0 Å². The number of hydrogen-bond donors (Lipinski definition) is 2. The number of aryl methyl sites for hydroxylation is 1. The maximum atomic E-state index is 11.4. The van der Waals surface area contributed by atoms with Gasteiger partial charge in [-0.25, -0.2) is 4.79 Å². The number of hydrogen-bond acceptors (Lipinski definition) is 5. The molecule has 8 heteroatoms. The summed E-state index contributed by atoms with van der Waals surface area (Å²) in [5, 5.41) is 17.8. The van der Waals surface area contributed by atoms with Gasteiger partial charge in [-0.15, -0.1) is 0 Å². The highest BCUT2D eigenvalue weighted by Crippen LogP contribution is 2.34. The lowest BCUT2D eigenvalue weighted by molar-refractivity contribution is -0.121. The van der Waals surface area contributed by atoms with Gasteiger partial charge in [-0.2, -0.15) is 0 Å². The Balaban J connectivity index is 1.71. The minimum absolute atomic E-state index is 0.189. The van der Waals surface area contributed by atoms with E-state index in [2.05, 4.69) is 10.5 Å². The molecule has 0 atom stereocenters. The van der Waals surface area contributed by atoms with Crippen molar-refractivity contribution < 1.29 is 24.0 Å². The van der Waals surface area contributed by atoms with E-state index in [0.717, 1.165) is 27.0 Å². The molecule has 3 rings (SSSR count). The average Bonchev–Trinajstić information content (AvgIpc) is 3.20. The predicted octanol–water partition coefficient (Wildman–Crippen LogP) is 3.16. The summed E-state index contributed by atoms with van der Waals surface area (Å²) in [5.41, 5.74) is 1.64. The third-order valence-electron chi connectivity index (χ3n) is 4.67. The SMILES string of the molecule is CNC(=O)CN(CCCc1cc(-c2ccc(OC)c3ccccc23)no1)C(=O)O. The number of aromatic nitrogens is 1. The summed E-state index contributed by atoms with van der Waals surface area (Å²) < 4.78 is 10.9. The molecule has 0 saturated carbocycles. The van der Waals surface area contributed by atoms with E-state index in [1.807, 2.05) is 42.5 Å². The summed E-state index contributed by atoms with van der Waals surface area (Å²) in [7, 11) is 3.11. The average molecular weight is 397 g/mol. The molecule has 0 unspecified atom stereocenters. The summed E-state index contributed by atoms with van der Waals surface area (Å²) in [6.07, 6.45) is -0.101. The lowest BCUT2D eigenvalue weighted by Gasteiger charge is -2.17. The fourth-order valence-corrected chi connectivity index (χ4v) is 3.17. The van der Waals surface area contributed by atoms with Crippen molar-refractivity contribution in [2.75, 3.05) is 27.2 Å². The molecule has 0 aliphatic heterocycles. The smallest absolute Gasteiger partial charge is 0.407 e. The molecule has 2 aromatic carbocycles. The van der Waals surface area contributed by atoms with Crippen molar-refractivity contribution in [3.63, 3.8) is 0 Å². The van der Waals surface area contributed by atoms with Crippen LogP contribution in [0.15, 0.2) is 47.0 Å². The van der Waals surface area contributed by atoms with Crippen LogP contribution in [-0.2, 0) is 11.2 Å². The topological polar surface area (TPSA) is 105 Å². The van der Waals surface area contributed by atoms with Gasteiger partial charge in [0.05, 0.1) is 7.11 Å². The highest BCUT2D eigenvalue weighted by molar-refractivity contribution is 5.99. The maximum absolute atomic E-state index is 11.4. The number of methoxy groups -OCH3 is 1. The quantitative estimate of drug-likeness (QED) is 0.605. The number of likely N-dealkylation sites (N-methyl/N-ethyl adjacent to an activating group) is 1. The first-order valence-corrected chi connectivity index (χ1v) is 9.23. The number of rotatable bonds is 8. The number of carbonyl (C=O) groups is 2. The molecule has 0 aliphatic rings. The number of ether oxygens (including phenoxy) is 1. The molecule has 0 saturated heterocycles. The molecule has 0 aliphatic carbocycles. The number of nitrogens with one attached hydrogen (secondary N) is 1. The largest absolute Gasteiger partial charge is 0.496 e. The van der Waals surface area contributed by atoms with E-state index in [0.29, 0.717) is 24.3 Å². The Morgan fingerprint density at radius 1 is 1.21 bits per heavy atom. The van der Waals surface area contributed by atoms with Crippen LogP contribution in [0.4, 0.5) is 4.79 Å². The van der Waals surface area contributed by atoms with Crippen LogP contribution >= 0.6 is 0 Å². The monoisotopic (exact) mass is 397 g/mol. The fraction of sp³-hybridized carbons (Fsp3) is 0.286. The van der Waals surface area contributed by atoms with Crippen molar-refractivity contribution in [1.82, 2.24) is 15.4 Å². The highest BCUT2D eigenvalue weighted by atomic mass is 16.5. The molecule has 0 bridgehead atoms. The number of carboxylic acid groups (broad SMARTS) is 1. The van der Waals surface area contributed by atoms with Gasteiger partial charge in [0.2, 0.25) is 5.91 Å². The molecule has 2 amide bonds. The first-order valence-electron chi connectivity index (χ1n) is 9.23. The Labute approximate surface area is 168 Å². The number of fused-ring (bicyclic) bond motifs is 1. The Hall–Kier alpha value is -3.55. The van der Waals surface area contributed by atoms with E-state index in [-0.39, 0.29) is 19.0 Å². The molecular weight excluding hydrogens is 374 g/mol. The highest BCUT2D eigenvalue weighted by Gasteiger charge is 2.16. The zero-order valence-corrected chi connectivity index (χ0v) is 16.3. The summed E-state index contributed by atoms with van der Waals surface area (Å²) in [6.45, 7) is 0.0373. The summed E-state index contributed by atoms with van der Waals surface area (Å²) in [6, 6.07) is 13.6. The van der Waals surface area contributed by atoms with Gasteiger partial charge < -0.3 is 19.7 Å². The molecule has 29 heavy (non-hydrogen) atoms. The zero-order valence-electron chi connectivity index (χ0n) is 16.3. The van der Waals surface area contributed by atoms with Crippen molar-refractivity contribution in [1.29, 1.82) is 0 Å². The van der Waals surface area contributed by atoms with E-state index < -0.39 is 6.09 Å². The zero-order chi connectivity index (χ0) is 20.8. The fourth-order valence-electron chi connectivity index (χ4n) is 3.17. The van der Waals surface area contributed by atoms with E-state index in [1.54, 1.807) is 7.11 Å². The Morgan fingerprint density at radius 2 is 1.97 bits per heavy atom. The van der Waals surface area contributed by atoms with E-state index in [9.17, 15) is 14.7 Å². The lowest BCUT2D eigenvalue weighted by Crippen LogP contribution is -2.39. The van der Waals surface area contributed by atoms with Crippen LogP contribution in [0.2, 0.25) is 0 Å². The molecular formula is C21H23N3O5. The number of benzene rings is 2. The molecule has 152 valence electrons. The van der Waals surface area contributed by atoms with E-state index in [4.69, 9.17) is 9.26 Å². The Morgan fingerprint density at radius 3 is 2.66 bits per heavy atom. The normalized spacial score (nSPS) is 10.7. The summed E-state index contributed by atoms with van der Waals surface area (Å²) in [4.78, 5) is 23.8. The summed E-state index contributed by atoms with van der Waals surface area (Å²) in [5.74, 6) is 1.10. The molecule has 0 radical (unpaired) electrons. The van der Waals surface area contributed by atoms with Crippen LogP contribution in [-0.4, -0.2) is 54.4 Å². The number of amides is 2. The molecule has 1 aromatic heterocycles. The van der Waals surface area contributed by atoms with Crippen LogP contribution in [0.25, 0.3) is 22.0 Å². The first kappa shape index (κ1) is 20.2. The second-order valence-corrected chi connectivity index (χ2v) is 6.52. The molecule has 0 fully saturated rings. The van der Waals surface area contributed by atoms with Crippen molar-refractivity contribution in [2.45, 2.75) is 12.8 Å². The van der Waals surface area contributed by atoms with Gasteiger partial charge >= 0.3 is 6.09 Å². The third-order valence-corrected chi connectivity index (χ3v) is 4.67. The molecule has 8 nitrogen and oxygen atoms in total. The van der Waals surface area contributed by atoms with Gasteiger partial charge in [-0.1, -0.05) is 29.4 Å². The minimum Gasteiger partial charge on any atom is -0.496 e. The molecule has 2 N–H and O–H groups in total. The third kappa shape index (κ3) is 4.66. The van der Waals surface area contributed by atoms with Crippen LogP contribution in [0.3, 0.4) is 0 Å².